The number of hydrogen-bond donors (Lipinski definition) is 0. The Labute approximate surface area is 146 Å². The van der Waals surface area contributed by atoms with E-state index in [1.165, 1.54) is 35.6 Å². The van der Waals surface area contributed by atoms with Crippen LogP contribution in [0.4, 0.5) is 18.9 Å². The molecule has 0 saturated carbocycles. The second kappa shape index (κ2) is 5.66. The molecule has 2 aliphatic rings. The average molecular weight is 368 g/mol. The number of ketones is 1. The number of Topliss-reactive ketones (excluding diaryl/α,β-unsaturated/α-hetero) is 1. The van der Waals surface area contributed by atoms with Crippen LogP contribution in [-0.2, 0) is 10.5 Å². The van der Waals surface area contributed by atoms with Gasteiger partial charge in [0.25, 0.3) is 0 Å². The summed E-state index contributed by atoms with van der Waals surface area (Å²) in [4.78, 5) is 13.9. The number of nitrogens with zero attached hydrogens (tertiary/aromatic N) is 1. The average Bonchev–Trinajstić information content (AvgIpc) is 3.17. The van der Waals surface area contributed by atoms with Gasteiger partial charge in [0.15, 0.2) is 17.6 Å². The number of carbonyl (C=O) groups is 1. The van der Waals surface area contributed by atoms with Crippen molar-refractivity contribution >= 4 is 23.1 Å². The number of allylic oxidation sites excluding steroid dienone is 1. The highest BCUT2D eigenvalue weighted by atomic mass is 35.5. The molecule has 0 saturated heterocycles. The second-order valence-electron chi connectivity index (χ2n) is 6.22. The fraction of sp³-hybridized carbons (Fsp3) is 0.278. The van der Waals surface area contributed by atoms with Crippen molar-refractivity contribution in [2.45, 2.75) is 24.7 Å². The number of alkyl halides is 2. The highest BCUT2D eigenvalue weighted by Crippen LogP contribution is 2.49. The molecule has 1 aliphatic heterocycles. The van der Waals surface area contributed by atoms with Crippen molar-refractivity contribution in [2.75, 3.05) is 11.4 Å². The minimum atomic E-state index is -2.22. The first-order chi connectivity index (χ1) is 11.9. The van der Waals surface area contributed by atoms with Gasteiger partial charge in [-0.1, -0.05) is 11.6 Å². The van der Waals surface area contributed by atoms with Crippen molar-refractivity contribution in [3.8, 4) is 0 Å². The second-order valence-corrected chi connectivity index (χ2v) is 6.66. The minimum Gasteiger partial charge on any atom is -0.472 e. The van der Waals surface area contributed by atoms with Crippen molar-refractivity contribution in [3.63, 3.8) is 0 Å². The van der Waals surface area contributed by atoms with Gasteiger partial charge < -0.3 is 9.32 Å². The molecule has 2 unspecified atom stereocenters. The van der Waals surface area contributed by atoms with Gasteiger partial charge in [-0.25, -0.2) is 13.2 Å². The number of halogens is 4. The number of furan rings is 1. The van der Waals surface area contributed by atoms with Crippen molar-refractivity contribution in [1.29, 1.82) is 0 Å². The summed E-state index contributed by atoms with van der Waals surface area (Å²) in [5, 5.41) is 0.155. The quantitative estimate of drug-likeness (QED) is 0.770. The summed E-state index contributed by atoms with van der Waals surface area (Å²) in [5.74, 6) is -1.44. The largest absolute Gasteiger partial charge is 0.472 e. The lowest BCUT2D eigenvalue weighted by Gasteiger charge is -2.25. The van der Waals surface area contributed by atoms with E-state index in [0.29, 0.717) is 11.4 Å². The van der Waals surface area contributed by atoms with Gasteiger partial charge in [0.2, 0.25) is 0 Å². The molecule has 2 atom stereocenters. The van der Waals surface area contributed by atoms with E-state index in [4.69, 9.17) is 16.0 Å². The van der Waals surface area contributed by atoms with Crippen LogP contribution in [0.5, 0.6) is 0 Å². The molecular formula is C18H13ClF3NO2. The fourth-order valence-electron chi connectivity index (χ4n) is 3.57. The molecule has 2 heterocycles. The molecule has 4 rings (SSSR count). The number of hydrogen-bond acceptors (Lipinski definition) is 3. The topological polar surface area (TPSA) is 33.5 Å². The lowest BCUT2D eigenvalue weighted by Crippen LogP contribution is -2.34. The predicted molar refractivity (Wildman–Crippen MR) is 86.4 cm³/mol. The Balaban J connectivity index is 1.88. The van der Waals surface area contributed by atoms with Crippen LogP contribution in [-0.4, -0.2) is 18.5 Å². The lowest BCUT2D eigenvalue weighted by atomic mass is 9.83. The zero-order chi connectivity index (χ0) is 17.8. The Morgan fingerprint density at radius 3 is 2.80 bits per heavy atom. The number of benzene rings is 1. The number of rotatable bonds is 2. The number of carbonyl (C=O) groups excluding carboxylic acids is 1. The summed E-state index contributed by atoms with van der Waals surface area (Å²) in [6, 6.07) is 5.24. The normalized spacial score (nSPS) is 26.3. The summed E-state index contributed by atoms with van der Waals surface area (Å²) in [6.07, 6.45) is 0.899. The molecule has 0 spiro atoms. The lowest BCUT2D eigenvalue weighted by molar-refractivity contribution is -0.122. The molecule has 3 nitrogen and oxygen atoms in total. The first kappa shape index (κ1) is 16.3. The summed E-state index contributed by atoms with van der Waals surface area (Å²) in [6.45, 7) is -0.268. The van der Waals surface area contributed by atoms with Crippen LogP contribution < -0.4 is 4.90 Å². The Kier molecular flexibility index (Phi) is 3.68. The van der Waals surface area contributed by atoms with Crippen LogP contribution in [0.1, 0.15) is 18.4 Å². The molecule has 0 radical (unpaired) electrons. The van der Waals surface area contributed by atoms with E-state index in [-0.39, 0.29) is 35.5 Å². The van der Waals surface area contributed by atoms with Gasteiger partial charge in [-0.2, -0.15) is 0 Å². The van der Waals surface area contributed by atoms with Crippen LogP contribution in [0, 0.1) is 5.82 Å². The molecule has 25 heavy (non-hydrogen) atoms. The van der Waals surface area contributed by atoms with E-state index >= 15 is 4.39 Å². The zero-order valence-corrected chi connectivity index (χ0v) is 13.7. The maximum atomic E-state index is 15.9. The van der Waals surface area contributed by atoms with Gasteiger partial charge in [-0.15, -0.1) is 0 Å². The summed E-state index contributed by atoms with van der Waals surface area (Å²) in [5.41, 5.74) is -1.61. The molecule has 0 amide bonds. The monoisotopic (exact) mass is 367 g/mol. The standard InChI is InChI=1S/C18H13ClF3NO2/c19-11-5-12(20)7-13(6-11)23-9-18(22,10-3-4-25-8-10)16-15(23)2-1-14(21)17(16)24/h3-8,14H,1-2,9H2. The van der Waals surface area contributed by atoms with Gasteiger partial charge in [-0.3, -0.25) is 4.79 Å². The molecule has 0 fully saturated rings. The Hall–Kier alpha value is -2.21. The van der Waals surface area contributed by atoms with Crippen LogP contribution in [0.3, 0.4) is 0 Å². The molecule has 1 aromatic carbocycles. The van der Waals surface area contributed by atoms with E-state index in [9.17, 15) is 13.6 Å². The third kappa shape index (κ3) is 2.47. The first-order valence-corrected chi connectivity index (χ1v) is 8.15. The molecule has 130 valence electrons. The van der Waals surface area contributed by atoms with Crippen molar-refractivity contribution in [2.24, 2.45) is 0 Å². The smallest absolute Gasteiger partial charge is 0.198 e. The van der Waals surface area contributed by atoms with Gasteiger partial charge in [-0.05, 0) is 37.1 Å². The molecule has 2 aromatic rings. The minimum absolute atomic E-state index is 0.0291. The van der Waals surface area contributed by atoms with E-state index in [2.05, 4.69) is 0 Å². The summed E-state index contributed by atoms with van der Waals surface area (Å²) in [7, 11) is 0. The summed E-state index contributed by atoms with van der Waals surface area (Å²) < 4.78 is 48.6. The Morgan fingerprint density at radius 1 is 1.32 bits per heavy atom. The van der Waals surface area contributed by atoms with Crippen LogP contribution in [0.2, 0.25) is 5.02 Å². The van der Waals surface area contributed by atoms with Crippen LogP contribution in [0.15, 0.2) is 52.5 Å². The highest BCUT2D eigenvalue weighted by molar-refractivity contribution is 6.30. The van der Waals surface area contributed by atoms with E-state index in [0.717, 1.165) is 6.07 Å². The Morgan fingerprint density at radius 2 is 2.12 bits per heavy atom. The van der Waals surface area contributed by atoms with Gasteiger partial charge in [0.05, 0.1) is 24.6 Å². The molecule has 7 heteroatoms. The zero-order valence-electron chi connectivity index (χ0n) is 12.9. The van der Waals surface area contributed by atoms with Crippen molar-refractivity contribution in [3.05, 3.63) is 64.5 Å². The Bertz CT molecular complexity index is 860. The SMILES string of the molecule is O=C1C2=C(CCC1F)N(c1cc(F)cc(Cl)c1)CC2(F)c1ccoc1. The summed E-state index contributed by atoms with van der Waals surface area (Å²) >= 11 is 5.91. The van der Waals surface area contributed by atoms with Crippen LogP contribution in [0.25, 0.3) is 0 Å². The van der Waals surface area contributed by atoms with Crippen molar-refractivity contribution < 1.29 is 22.4 Å². The maximum absolute atomic E-state index is 15.9. The molecule has 0 bridgehead atoms. The van der Waals surface area contributed by atoms with Gasteiger partial charge >= 0.3 is 0 Å². The molecule has 1 aliphatic carbocycles. The fourth-order valence-corrected chi connectivity index (χ4v) is 3.79. The molecule has 1 aromatic heterocycles. The van der Waals surface area contributed by atoms with E-state index in [1.54, 1.807) is 0 Å². The van der Waals surface area contributed by atoms with Crippen molar-refractivity contribution in [1.82, 2.24) is 0 Å². The first-order valence-electron chi connectivity index (χ1n) is 7.77. The van der Waals surface area contributed by atoms with E-state index < -0.39 is 23.4 Å². The predicted octanol–water partition coefficient (Wildman–Crippen LogP) is 4.71. The highest BCUT2D eigenvalue weighted by Gasteiger charge is 2.53. The molecular weight excluding hydrogens is 355 g/mol. The van der Waals surface area contributed by atoms with Crippen LogP contribution >= 0.6 is 11.6 Å². The maximum Gasteiger partial charge on any atom is 0.198 e. The third-order valence-corrected chi connectivity index (χ3v) is 4.91. The number of anilines is 1. The van der Waals surface area contributed by atoms with E-state index in [1.807, 2.05) is 0 Å². The van der Waals surface area contributed by atoms with Gasteiger partial charge in [0, 0.05) is 22.0 Å². The van der Waals surface area contributed by atoms with Gasteiger partial charge in [0.1, 0.15) is 5.82 Å². The third-order valence-electron chi connectivity index (χ3n) is 4.69. The molecule has 0 N–H and O–H groups in total.